The predicted molar refractivity (Wildman–Crippen MR) is 101 cm³/mol. The highest BCUT2D eigenvalue weighted by atomic mass is 32.2. The molecule has 1 saturated heterocycles. The maximum absolute atomic E-state index is 13.2. The molecule has 2 aliphatic rings. The van der Waals surface area contributed by atoms with Crippen molar-refractivity contribution in [2.75, 3.05) is 32.7 Å². The van der Waals surface area contributed by atoms with Gasteiger partial charge in [0, 0.05) is 45.2 Å². The number of amides is 1. The van der Waals surface area contributed by atoms with Gasteiger partial charge < -0.3 is 10.2 Å². The molecule has 1 amide bonds. The van der Waals surface area contributed by atoms with Crippen molar-refractivity contribution in [3.05, 3.63) is 29.8 Å². The van der Waals surface area contributed by atoms with Crippen LogP contribution in [0.5, 0.6) is 0 Å². The van der Waals surface area contributed by atoms with Gasteiger partial charge in [-0.15, -0.1) is 0 Å². The molecular weight excluding hydrogens is 350 g/mol. The van der Waals surface area contributed by atoms with Gasteiger partial charge in [0.25, 0.3) is 0 Å². The summed E-state index contributed by atoms with van der Waals surface area (Å²) in [5.41, 5.74) is 1.03. The first-order valence-corrected chi connectivity index (χ1v) is 11.0. The molecule has 0 spiro atoms. The second kappa shape index (κ2) is 8.50. The Kier molecular flexibility index (Phi) is 6.32. The third-order valence-corrected chi connectivity index (χ3v) is 7.34. The fraction of sp³-hybridized carbons (Fsp3) is 0.632. The van der Waals surface area contributed by atoms with Gasteiger partial charge in [-0.3, -0.25) is 4.79 Å². The van der Waals surface area contributed by atoms with Crippen molar-refractivity contribution in [1.82, 2.24) is 14.5 Å². The Labute approximate surface area is 156 Å². The van der Waals surface area contributed by atoms with Crippen LogP contribution < -0.4 is 5.32 Å². The van der Waals surface area contributed by atoms with E-state index in [9.17, 15) is 13.2 Å². The van der Waals surface area contributed by atoms with Crippen LogP contribution in [-0.4, -0.2) is 62.3 Å². The number of aryl methyl sites for hydroxylation is 1. The molecule has 1 aliphatic heterocycles. The number of piperazine rings is 1. The summed E-state index contributed by atoms with van der Waals surface area (Å²) in [6.07, 6.45) is 4.12. The van der Waals surface area contributed by atoms with Gasteiger partial charge in [-0.1, -0.05) is 30.5 Å². The first-order valence-electron chi connectivity index (χ1n) is 9.55. The third-order valence-electron chi connectivity index (χ3n) is 5.38. The normalized spacial score (nSPS) is 19.2. The molecular formula is C19H29N3O3S. The SMILES string of the molecule is Cc1ccc(S(=O)(=O)N(CCC(=O)N2CCNCC2)C2CCCC2)cc1. The van der Waals surface area contributed by atoms with Crippen molar-refractivity contribution in [3.8, 4) is 0 Å². The van der Waals surface area contributed by atoms with Gasteiger partial charge in [-0.25, -0.2) is 8.42 Å². The summed E-state index contributed by atoms with van der Waals surface area (Å²) >= 11 is 0. The van der Waals surface area contributed by atoms with Crippen LogP contribution in [0.4, 0.5) is 0 Å². The molecule has 0 unspecified atom stereocenters. The second-order valence-corrected chi connectivity index (χ2v) is 9.14. The van der Waals surface area contributed by atoms with Crippen LogP contribution >= 0.6 is 0 Å². The Morgan fingerprint density at radius 2 is 1.77 bits per heavy atom. The van der Waals surface area contributed by atoms with Gasteiger partial charge in [0.15, 0.2) is 0 Å². The second-order valence-electron chi connectivity index (χ2n) is 7.25. The molecule has 2 fully saturated rings. The van der Waals surface area contributed by atoms with Crippen molar-refractivity contribution in [3.63, 3.8) is 0 Å². The average Bonchev–Trinajstić information content (AvgIpc) is 3.17. The van der Waals surface area contributed by atoms with Crippen LogP contribution in [-0.2, 0) is 14.8 Å². The Morgan fingerprint density at radius 3 is 2.38 bits per heavy atom. The van der Waals surface area contributed by atoms with Crippen LogP contribution in [0.1, 0.15) is 37.7 Å². The molecule has 0 radical (unpaired) electrons. The quantitative estimate of drug-likeness (QED) is 0.818. The van der Waals surface area contributed by atoms with E-state index in [4.69, 9.17) is 0 Å². The van der Waals surface area contributed by atoms with E-state index in [1.54, 1.807) is 16.4 Å². The average molecular weight is 380 g/mol. The van der Waals surface area contributed by atoms with E-state index in [2.05, 4.69) is 5.32 Å². The maximum atomic E-state index is 13.2. The van der Waals surface area contributed by atoms with E-state index in [0.29, 0.717) is 18.0 Å². The zero-order chi connectivity index (χ0) is 18.6. The molecule has 7 heteroatoms. The lowest BCUT2D eigenvalue weighted by Crippen LogP contribution is -2.48. The topological polar surface area (TPSA) is 69.7 Å². The highest BCUT2D eigenvalue weighted by Crippen LogP contribution is 2.29. The molecule has 144 valence electrons. The summed E-state index contributed by atoms with van der Waals surface area (Å²) in [4.78, 5) is 14.7. The van der Waals surface area contributed by atoms with Gasteiger partial charge >= 0.3 is 0 Å². The molecule has 1 saturated carbocycles. The Morgan fingerprint density at radius 1 is 1.15 bits per heavy atom. The number of rotatable bonds is 6. The zero-order valence-electron chi connectivity index (χ0n) is 15.5. The van der Waals surface area contributed by atoms with Gasteiger partial charge in [0.05, 0.1) is 4.90 Å². The van der Waals surface area contributed by atoms with E-state index >= 15 is 0 Å². The van der Waals surface area contributed by atoms with Crippen LogP contribution in [0.15, 0.2) is 29.2 Å². The number of carbonyl (C=O) groups excluding carboxylic acids is 1. The summed E-state index contributed by atoms with van der Waals surface area (Å²) in [5.74, 6) is 0.0496. The highest BCUT2D eigenvalue weighted by Gasteiger charge is 2.33. The Balaban J connectivity index is 1.74. The number of carbonyl (C=O) groups is 1. The number of nitrogens with one attached hydrogen (secondary N) is 1. The fourth-order valence-electron chi connectivity index (χ4n) is 3.82. The summed E-state index contributed by atoms with van der Waals surface area (Å²) in [6, 6.07) is 7.00. The molecule has 1 heterocycles. The largest absolute Gasteiger partial charge is 0.340 e. The van der Waals surface area contributed by atoms with Crippen LogP contribution in [0.2, 0.25) is 0 Å². The monoisotopic (exact) mass is 379 g/mol. The van der Waals surface area contributed by atoms with Gasteiger partial charge in [-0.2, -0.15) is 4.31 Å². The minimum absolute atomic E-state index is 0.0112. The fourth-order valence-corrected chi connectivity index (χ4v) is 5.50. The van der Waals surface area contributed by atoms with Crippen LogP contribution in [0.3, 0.4) is 0 Å². The molecule has 0 aromatic heterocycles. The number of hydrogen-bond acceptors (Lipinski definition) is 4. The molecule has 1 aromatic rings. The summed E-state index contributed by atoms with van der Waals surface area (Å²) < 4.78 is 28.0. The molecule has 6 nitrogen and oxygen atoms in total. The van der Waals surface area contributed by atoms with Crippen LogP contribution in [0, 0.1) is 6.92 Å². The molecule has 26 heavy (non-hydrogen) atoms. The number of hydrogen-bond donors (Lipinski definition) is 1. The van der Waals surface area contributed by atoms with Crippen molar-refractivity contribution in [1.29, 1.82) is 0 Å². The zero-order valence-corrected chi connectivity index (χ0v) is 16.3. The van der Waals surface area contributed by atoms with Crippen LogP contribution in [0.25, 0.3) is 0 Å². The summed E-state index contributed by atoms with van der Waals surface area (Å²) in [7, 11) is -3.58. The summed E-state index contributed by atoms with van der Waals surface area (Å²) in [6.45, 7) is 5.22. The number of sulfonamides is 1. The molecule has 0 atom stereocenters. The Hall–Kier alpha value is -1.44. The van der Waals surface area contributed by atoms with E-state index in [1.165, 1.54) is 0 Å². The van der Waals surface area contributed by atoms with Crippen molar-refractivity contribution in [2.24, 2.45) is 0 Å². The first kappa shape index (κ1) is 19.3. The lowest BCUT2D eigenvalue weighted by Gasteiger charge is -2.31. The van der Waals surface area contributed by atoms with E-state index in [-0.39, 0.29) is 24.9 Å². The van der Waals surface area contributed by atoms with E-state index < -0.39 is 10.0 Å². The predicted octanol–water partition coefficient (Wildman–Crippen LogP) is 1.75. The van der Waals surface area contributed by atoms with Gasteiger partial charge in [0.1, 0.15) is 0 Å². The van der Waals surface area contributed by atoms with Gasteiger partial charge in [0.2, 0.25) is 15.9 Å². The number of nitrogens with zero attached hydrogens (tertiary/aromatic N) is 2. The Bertz CT molecular complexity index is 706. The minimum atomic E-state index is -3.58. The molecule has 0 bridgehead atoms. The molecule has 3 rings (SSSR count). The molecule has 1 N–H and O–H groups in total. The van der Waals surface area contributed by atoms with E-state index in [0.717, 1.165) is 44.3 Å². The third kappa shape index (κ3) is 4.45. The minimum Gasteiger partial charge on any atom is -0.340 e. The highest BCUT2D eigenvalue weighted by molar-refractivity contribution is 7.89. The summed E-state index contributed by atoms with van der Waals surface area (Å²) in [5, 5.41) is 3.23. The lowest BCUT2D eigenvalue weighted by atomic mass is 10.2. The number of benzene rings is 1. The molecule has 1 aromatic carbocycles. The first-order chi connectivity index (χ1) is 12.5. The smallest absolute Gasteiger partial charge is 0.243 e. The van der Waals surface area contributed by atoms with Crippen molar-refractivity contribution < 1.29 is 13.2 Å². The van der Waals surface area contributed by atoms with Crippen molar-refractivity contribution >= 4 is 15.9 Å². The van der Waals surface area contributed by atoms with E-state index in [1.807, 2.05) is 24.0 Å². The molecule has 1 aliphatic carbocycles. The maximum Gasteiger partial charge on any atom is 0.243 e. The standard InChI is InChI=1S/C19H29N3O3S/c1-16-6-8-18(9-7-16)26(24,25)22(17-4-2-3-5-17)13-10-19(23)21-14-11-20-12-15-21/h6-9,17,20H,2-5,10-15H2,1H3. The van der Waals surface area contributed by atoms with Crippen molar-refractivity contribution in [2.45, 2.75) is 50.0 Å². The lowest BCUT2D eigenvalue weighted by molar-refractivity contribution is -0.131. The van der Waals surface area contributed by atoms with Gasteiger partial charge in [-0.05, 0) is 31.9 Å².